The number of thiophene rings is 1. The summed E-state index contributed by atoms with van der Waals surface area (Å²) in [5, 5.41) is 15.9. The van der Waals surface area contributed by atoms with Gasteiger partial charge in [-0.1, -0.05) is 6.92 Å². The molecule has 0 spiro atoms. The van der Waals surface area contributed by atoms with E-state index in [2.05, 4.69) is 5.32 Å². The van der Waals surface area contributed by atoms with E-state index < -0.39 is 5.54 Å². The molecular weight excluding hydrogens is 210 g/mol. The lowest BCUT2D eigenvalue weighted by Gasteiger charge is -2.27. The molecular formula is C11H17NO2S. The summed E-state index contributed by atoms with van der Waals surface area (Å²) < 4.78 is 0. The Kier molecular flexibility index (Phi) is 4.29. The summed E-state index contributed by atoms with van der Waals surface area (Å²) in [6, 6.07) is 1.94. The molecule has 3 nitrogen and oxygen atoms in total. The molecule has 1 aromatic heterocycles. The molecule has 0 radical (unpaired) electrons. The first kappa shape index (κ1) is 12.2. The second-order valence-electron chi connectivity index (χ2n) is 3.93. The zero-order chi connectivity index (χ0) is 11.3. The van der Waals surface area contributed by atoms with Crippen LogP contribution in [0.5, 0.6) is 0 Å². The third kappa shape index (κ3) is 3.64. The van der Waals surface area contributed by atoms with Crippen LogP contribution in [0.15, 0.2) is 16.8 Å². The number of carbonyl (C=O) groups is 1. The Balaban J connectivity index is 2.49. The topological polar surface area (TPSA) is 49.3 Å². The van der Waals surface area contributed by atoms with Crippen LogP contribution in [0.4, 0.5) is 0 Å². The van der Waals surface area contributed by atoms with E-state index in [4.69, 9.17) is 5.11 Å². The number of carbonyl (C=O) groups excluding carboxylic acids is 1. The molecule has 1 atom stereocenters. The first-order valence-electron chi connectivity index (χ1n) is 5.02. The maximum Gasteiger partial charge on any atom is 0.224 e. The highest BCUT2D eigenvalue weighted by atomic mass is 32.1. The van der Waals surface area contributed by atoms with E-state index in [1.807, 2.05) is 30.7 Å². The van der Waals surface area contributed by atoms with Crippen LogP contribution in [0, 0.1) is 0 Å². The minimum absolute atomic E-state index is 0.0289. The summed E-state index contributed by atoms with van der Waals surface area (Å²) >= 11 is 1.58. The van der Waals surface area contributed by atoms with Gasteiger partial charge in [-0.3, -0.25) is 4.79 Å². The summed E-state index contributed by atoms with van der Waals surface area (Å²) in [6.07, 6.45) is 1.11. The van der Waals surface area contributed by atoms with Crippen molar-refractivity contribution in [2.75, 3.05) is 6.61 Å². The Hall–Kier alpha value is -0.870. The van der Waals surface area contributed by atoms with Crippen molar-refractivity contribution in [2.24, 2.45) is 0 Å². The third-order valence-electron chi connectivity index (χ3n) is 2.52. The van der Waals surface area contributed by atoms with E-state index in [0.717, 1.165) is 12.0 Å². The van der Waals surface area contributed by atoms with Gasteiger partial charge in [-0.05, 0) is 35.7 Å². The summed E-state index contributed by atoms with van der Waals surface area (Å²) in [7, 11) is 0. The molecule has 1 aromatic rings. The predicted octanol–water partition coefficient (Wildman–Crippen LogP) is 1.57. The van der Waals surface area contributed by atoms with Gasteiger partial charge in [0.25, 0.3) is 0 Å². The minimum atomic E-state index is -0.493. The van der Waals surface area contributed by atoms with E-state index in [0.29, 0.717) is 6.42 Å². The molecule has 0 aromatic carbocycles. The van der Waals surface area contributed by atoms with Crippen molar-refractivity contribution in [3.63, 3.8) is 0 Å². The lowest BCUT2D eigenvalue weighted by molar-refractivity contribution is -0.122. The standard InChI is InChI=1S/C11H17NO2S/c1-3-11(2,8-13)12-10(14)6-9-4-5-15-7-9/h4-5,7,13H,3,6,8H2,1-2H3,(H,12,14). The largest absolute Gasteiger partial charge is 0.394 e. The van der Waals surface area contributed by atoms with Gasteiger partial charge >= 0.3 is 0 Å². The summed E-state index contributed by atoms with van der Waals surface area (Å²) in [4.78, 5) is 11.6. The van der Waals surface area contributed by atoms with Crippen molar-refractivity contribution in [3.05, 3.63) is 22.4 Å². The molecule has 1 rings (SSSR count). The molecule has 0 aliphatic rings. The van der Waals surface area contributed by atoms with Crippen LogP contribution in [0.1, 0.15) is 25.8 Å². The highest BCUT2D eigenvalue weighted by Crippen LogP contribution is 2.10. The first-order chi connectivity index (χ1) is 7.09. The lowest BCUT2D eigenvalue weighted by Crippen LogP contribution is -2.48. The number of aliphatic hydroxyl groups is 1. The number of nitrogens with one attached hydrogen (secondary N) is 1. The molecule has 84 valence electrons. The van der Waals surface area contributed by atoms with Crippen LogP contribution in [0.2, 0.25) is 0 Å². The van der Waals surface area contributed by atoms with Gasteiger partial charge < -0.3 is 10.4 Å². The molecule has 0 aliphatic heterocycles. The number of rotatable bonds is 5. The number of hydrogen-bond acceptors (Lipinski definition) is 3. The highest BCUT2D eigenvalue weighted by Gasteiger charge is 2.22. The Labute approximate surface area is 94.1 Å². The second-order valence-corrected chi connectivity index (χ2v) is 4.71. The van der Waals surface area contributed by atoms with Crippen LogP contribution >= 0.6 is 11.3 Å². The van der Waals surface area contributed by atoms with Crippen molar-refractivity contribution in [2.45, 2.75) is 32.2 Å². The molecule has 0 bridgehead atoms. The number of amides is 1. The lowest BCUT2D eigenvalue weighted by atomic mass is 10.00. The van der Waals surface area contributed by atoms with Crippen LogP contribution in [-0.4, -0.2) is 23.2 Å². The molecule has 4 heteroatoms. The van der Waals surface area contributed by atoms with Crippen molar-refractivity contribution in [1.82, 2.24) is 5.32 Å². The average Bonchev–Trinajstić information content (AvgIpc) is 2.70. The maximum atomic E-state index is 11.6. The van der Waals surface area contributed by atoms with E-state index in [9.17, 15) is 4.79 Å². The van der Waals surface area contributed by atoms with Crippen molar-refractivity contribution in [1.29, 1.82) is 0 Å². The molecule has 1 amide bonds. The molecule has 0 saturated carbocycles. The van der Waals surface area contributed by atoms with Crippen LogP contribution in [-0.2, 0) is 11.2 Å². The highest BCUT2D eigenvalue weighted by molar-refractivity contribution is 7.07. The van der Waals surface area contributed by atoms with Gasteiger partial charge in [0.2, 0.25) is 5.91 Å². The summed E-state index contributed by atoms with van der Waals surface area (Å²) in [5.41, 5.74) is 0.529. The average molecular weight is 227 g/mol. The van der Waals surface area contributed by atoms with Gasteiger partial charge in [0.15, 0.2) is 0 Å². The Morgan fingerprint density at radius 2 is 2.40 bits per heavy atom. The Morgan fingerprint density at radius 3 is 2.87 bits per heavy atom. The molecule has 0 fully saturated rings. The monoisotopic (exact) mass is 227 g/mol. The van der Waals surface area contributed by atoms with Crippen LogP contribution < -0.4 is 5.32 Å². The number of hydrogen-bond donors (Lipinski definition) is 2. The van der Waals surface area contributed by atoms with Gasteiger partial charge in [0.05, 0.1) is 18.6 Å². The van der Waals surface area contributed by atoms with E-state index in [1.165, 1.54) is 0 Å². The first-order valence-corrected chi connectivity index (χ1v) is 5.97. The molecule has 0 saturated heterocycles. The summed E-state index contributed by atoms with van der Waals surface area (Å²) in [6.45, 7) is 3.76. The van der Waals surface area contributed by atoms with Crippen molar-refractivity contribution >= 4 is 17.2 Å². The van der Waals surface area contributed by atoms with Gasteiger partial charge in [0, 0.05) is 0 Å². The van der Waals surface area contributed by atoms with E-state index >= 15 is 0 Å². The van der Waals surface area contributed by atoms with E-state index in [-0.39, 0.29) is 12.5 Å². The molecule has 2 N–H and O–H groups in total. The molecule has 1 heterocycles. The van der Waals surface area contributed by atoms with E-state index in [1.54, 1.807) is 11.3 Å². The smallest absolute Gasteiger partial charge is 0.224 e. The summed E-state index contributed by atoms with van der Waals surface area (Å²) in [5.74, 6) is -0.0354. The van der Waals surface area contributed by atoms with Gasteiger partial charge in [-0.25, -0.2) is 0 Å². The second kappa shape index (κ2) is 5.28. The fraction of sp³-hybridized carbons (Fsp3) is 0.545. The normalized spacial score (nSPS) is 14.6. The fourth-order valence-electron chi connectivity index (χ4n) is 1.20. The molecule has 15 heavy (non-hydrogen) atoms. The third-order valence-corrected chi connectivity index (χ3v) is 3.25. The van der Waals surface area contributed by atoms with Crippen LogP contribution in [0.3, 0.4) is 0 Å². The Morgan fingerprint density at radius 1 is 1.67 bits per heavy atom. The zero-order valence-corrected chi connectivity index (χ0v) is 9.93. The zero-order valence-electron chi connectivity index (χ0n) is 9.12. The van der Waals surface area contributed by atoms with Gasteiger partial charge in [-0.2, -0.15) is 11.3 Å². The predicted molar refractivity (Wildman–Crippen MR) is 61.9 cm³/mol. The van der Waals surface area contributed by atoms with Crippen LogP contribution in [0.25, 0.3) is 0 Å². The SMILES string of the molecule is CCC(C)(CO)NC(=O)Cc1ccsc1. The van der Waals surface area contributed by atoms with Gasteiger partial charge in [0.1, 0.15) is 0 Å². The van der Waals surface area contributed by atoms with Gasteiger partial charge in [-0.15, -0.1) is 0 Å². The maximum absolute atomic E-state index is 11.6. The number of aliphatic hydroxyl groups excluding tert-OH is 1. The van der Waals surface area contributed by atoms with Crippen molar-refractivity contribution in [3.8, 4) is 0 Å². The minimum Gasteiger partial charge on any atom is -0.394 e. The fourth-order valence-corrected chi connectivity index (χ4v) is 1.87. The Bertz CT molecular complexity index is 304. The molecule has 0 aliphatic carbocycles. The van der Waals surface area contributed by atoms with Crippen molar-refractivity contribution < 1.29 is 9.90 Å². The molecule has 1 unspecified atom stereocenters. The quantitative estimate of drug-likeness (QED) is 0.802.